The zero-order chi connectivity index (χ0) is 26.7. The van der Waals surface area contributed by atoms with Gasteiger partial charge in [0.15, 0.2) is 0 Å². The van der Waals surface area contributed by atoms with Gasteiger partial charge in [-0.3, -0.25) is 9.36 Å². The van der Waals surface area contributed by atoms with Gasteiger partial charge >= 0.3 is 18.2 Å². The smallest absolute Gasteiger partial charge is 0.419 e. The van der Waals surface area contributed by atoms with Crippen molar-refractivity contribution in [1.29, 1.82) is 0 Å². The number of aromatic nitrogens is 4. The number of rotatable bonds is 7. The van der Waals surface area contributed by atoms with Crippen LogP contribution in [0.4, 0.5) is 9.59 Å². The number of esters is 1. The van der Waals surface area contributed by atoms with Crippen LogP contribution in [0.25, 0.3) is 5.95 Å². The van der Waals surface area contributed by atoms with Crippen LogP contribution in [0.2, 0.25) is 0 Å². The first-order chi connectivity index (χ1) is 16.8. The van der Waals surface area contributed by atoms with E-state index in [1.54, 1.807) is 77.1 Å². The van der Waals surface area contributed by atoms with E-state index >= 15 is 0 Å². The molecular formula is C25H35N5O6. The third kappa shape index (κ3) is 6.38. The van der Waals surface area contributed by atoms with E-state index in [9.17, 15) is 14.4 Å². The number of amides is 2. The van der Waals surface area contributed by atoms with Gasteiger partial charge in [0.25, 0.3) is 0 Å². The standard InChI is InChI=1S/C25H35N5O6/c1-23(2,3)35-21(32)30(22(33)36-24(4,5)6)13-8-10-17-14-25(17,19(31)34-7)18-15-29(16-28-18)20-26-11-9-12-27-20/h9,11-12,15-17H,8,10,13-14H2,1-7H3. The summed E-state index contributed by atoms with van der Waals surface area (Å²) < 4.78 is 17.6. The molecule has 36 heavy (non-hydrogen) atoms. The Morgan fingerprint density at radius 3 is 2.14 bits per heavy atom. The van der Waals surface area contributed by atoms with Crippen molar-refractivity contribution in [1.82, 2.24) is 24.4 Å². The summed E-state index contributed by atoms with van der Waals surface area (Å²) >= 11 is 0. The molecule has 2 unspecified atom stereocenters. The molecule has 11 nitrogen and oxygen atoms in total. The molecule has 1 fully saturated rings. The highest BCUT2D eigenvalue weighted by Gasteiger charge is 2.63. The highest BCUT2D eigenvalue weighted by Crippen LogP contribution is 2.56. The first-order valence-electron chi connectivity index (χ1n) is 11.9. The lowest BCUT2D eigenvalue weighted by Gasteiger charge is -2.28. The molecular weight excluding hydrogens is 466 g/mol. The highest BCUT2D eigenvalue weighted by molar-refractivity contribution is 5.88. The molecule has 3 rings (SSSR count). The second-order valence-corrected chi connectivity index (χ2v) is 10.8. The molecule has 0 aromatic carbocycles. The third-order valence-corrected chi connectivity index (χ3v) is 5.64. The number of imidazole rings is 1. The summed E-state index contributed by atoms with van der Waals surface area (Å²) in [6, 6.07) is 1.71. The SMILES string of the molecule is COC(=O)C1(c2cn(-c3ncccn3)cn2)CC1CCCN(C(=O)OC(C)(C)C)C(=O)OC(C)(C)C. The van der Waals surface area contributed by atoms with Gasteiger partial charge in [0.05, 0.1) is 12.8 Å². The predicted molar refractivity (Wildman–Crippen MR) is 129 cm³/mol. The number of ether oxygens (including phenoxy) is 3. The molecule has 2 atom stereocenters. The van der Waals surface area contributed by atoms with E-state index < -0.39 is 28.8 Å². The zero-order valence-electron chi connectivity index (χ0n) is 22.0. The number of hydrogen-bond acceptors (Lipinski definition) is 9. The molecule has 2 heterocycles. The van der Waals surface area contributed by atoms with Crippen LogP contribution in [0, 0.1) is 5.92 Å². The Labute approximate surface area is 211 Å². The van der Waals surface area contributed by atoms with Gasteiger partial charge in [-0.15, -0.1) is 0 Å². The molecule has 0 spiro atoms. The number of methoxy groups -OCH3 is 1. The minimum absolute atomic E-state index is 0.0656. The van der Waals surface area contributed by atoms with Crippen LogP contribution >= 0.6 is 0 Å². The van der Waals surface area contributed by atoms with Gasteiger partial charge in [-0.1, -0.05) is 0 Å². The molecule has 2 amide bonds. The van der Waals surface area contributed by atoms with Crippen molar-refractivity contribution < 1.29 is 28.6 Å². The van der Waals surface area contributed by atoms with Crippen LogP contribution in [0.1, 0.15) is 66.5 Å². The quantitative estimate of drug-likeness (QED) is 0.408. The Hall–Kier alpha value is -3.50. The van der Waals surface area contributed by atoms with Gasteiger partial charge in [-0.25, -0.2) is 29.4 Å². The van der Waals surface area contributed by atoms with Crippen molar-refractivity contribution in [2.75, 3.05) is 13.7 Å². The fraction of sp³-hybridized carbons (Fsp3) is 0.600. The summed E-state index contributed by atoms with van der Waals surface area (Å²) in [5.41, 5.74) is -1.86. The minimum Gasteiger partial charge on any atom is -0.468 e. The maximum absolute atomic E-state index is 12.8. The van der Waals surface area contributed by atoms with E-state index in [1.165, 1.54) is 7.11 Å². The van der Waals surface area contributed by atoms with Crippen LogP contribution in [0.15, 0.2) is 31.0 Å². The molecule has 0 saturated heterocycles. The molecule has 1 aliphatic rings. The van der Waals surface area contributed by atoms with Gasteiger partial charge in [-0.2, -0.15) is 0 Å². The molecule has 196 valence electrons. The molecule has 0 radical (unpaired) electrons. The molecule has 1 aliphatic carbocycles. The topological polar surface area (TPSA) is 126 Å². The minimum atomic E-state index is -0.891. The normalized spacial score (nSPS) is 19.4. The fourth-order valence-corrected chi connectivity index (χ4v) is 4.00. The Kier molecular flexibility index (Phi) is 7.70. The lowest BCUT2D eigenvalue weighted by molar-refractivity contribution is -0.144. The van der Waals surface area contributed by atoms with E-state index in [4.69, 9.17) is 14.2 Å². The first-order valence-corrected chi connectivity index (χ1v) is 11.9. The third-order valence-electron chi connectivity index (χ3n) is 5.64. The van der Waals surface area contributed by atoms with Crippen molar-refractivity contribution in [3.8, 4) is 5.95 Å². The van der Waals surface area contributed by atoms with Gasteiger partial charge in [0.1, 0.15) is 22.9 Å². The van der Waals surface area contributed by atoms with Crippen molar-refractivity contribution in [2.24, 2.45) is 5.92 Å². The van der Waals surface area contributed by atoms with Crippen molar-refractivity contribution in [3.63, 3.8) is 0 Å². The molecule has 11 heteroatoms. The molecule has 0 aliphatic heterocycles. The second kappa shape index (κ2) is 10.2. The maximum Gasteiger partial charge on any atom is 0.419 e. The average Bonchev–Trinajstić information content (AvgIpc) is 3.28. The number of carbonyl (C=O) groups is 3. The summed E-state index contributed by atoms with van der Waals surface area (Å²) in [6.45, 7) is 10.5. The largest absolute Gasteiger partial charge is 0.468 e. The van der Waals surface area contributed by atoms with Gasteiger partial charge < -0.3 is 14.2 Å². The van der Waals surface area contributed by atoms with Gasteiger partial charge in [0, 0.05) is 25.1 Å². The van der Waals surface area contributed by atoms with Crippen LogP contribution in [0.5, 0.6) is 0 Å². The Morgan fingerprint density at radius 2 is 1.61 bits per heavy atom. The number of imide groups is 1. The molecule has 0 bridgehead atoms. The van der Waals surface area contributed by atoms with Crippen molar-refractivity contribution in [3.05, 3.63) is 36.7 Å². The number of hydrogen-bond donors (Lipinski definition) is 0. The van der Waals surface area contributed by atoms with E-state index in [0.717, 1.165) is 4.90 Å². The van der Waals surface area contributed by atoms with Gasteiger partial charge in [-0.05, 0) is 72.8 Å². The van der Waals surface area contributed by atoms with Crippen molar-refractivity contribution in [2.45, 2.75) is 77.4 Å². The number of carbonyl (C=O) groups excluding carboxylic acids is 3. The van der Waals surface area contributed by atoms with E-state index in [-0.39, 0.29) is 18.4 Å². The van der Waals surface area contributed by atoms with E-state index in [2.05, 4.69) is 15.0 Å². The molecule has 0 N–H and O–H groups in total. The molecule has 2 aromatic heterocycles. The van der Waals surface area contributed by atoms with E-state index in [1.807, 2.05) is 0 Å². The van der Waals surface area contributed by atoms with Crippen LogP contribution < -0.4 is 0 Å². The monoisotopic (exact) mass is 501 g/mol. The Morgan fingerprint density at radius 1 is 1.03 bits per heavy atom. The summed E-state index contributed by atoms with van der Waals surface area (Å²) in [5.74, 6) is 0.00538. The lowest BCUT2D eigenvalue weighted by Crippen LogP contribution is -2.44. The Bertz CT molecular complexity index is 1060. The van der Waals surface area contributed by atoms with E-state index in [0.29, 0.717) is 30.9 Å². The zero-order valence-corrected chi connectivity index (χ0v) is 22.0. The predicted octanol–water partition coefficient (Wildman–Crippen LogP) is 4.05. The average molecular weight is 502 g/mol. The maximum atomic E-state index is 12.8. The summed E-state index contributed by atoms with van der Waals surface area (Å²) in [4.78, 5) is 52.1. The fourth-order valence-electron chi connectivity index (χ4n) is 4.00. The highest BCUT2D eigenvalue weighted by atomic mass is 16.6. The summed E-state index contributed by atoms with van der Waals surface area (Å²) in [7, 11) is 1.35. The van der Waals surface area contributed by atoms with Crippen LogP contribution in [-0.4, -0.2) is 67.4 Å². The number of nitrogens with zero attached hydrogens (tertiary/aromatic N) is 5. The van der Waals surface area contributed by atoms with Crippen molar-refractivity contribution >= 4 is 18.2 Å². The van der Waals surface area contributed by atoms with Gasteiger partial charge in [0.2, 0.25) is 5.95 Å². The Balaban J connectivity index is 1.71. The molecule has 1 saturated carbocycles. The summed E-state index contributed by atoms with van der Waals surface area (Å²) in [6.07, 6.45) is 6.57. The summed E-state index contributed by atoms with van der Waals surface area (Å²) in [5, 5.41) is 0. The van der Waals surface area contributed by atoms with Crippen LogP contribution in [-0.2, 0) is 24.4 Å². The first kappa shape index (κ1) is 27.1. The van der Waals surface area contributed by atoms with Crippen LogP contribution in [0.3, 0.4) is 0 Å². The second-order valence-electron chi connectivity index (χ2n) is 10.8. The molecule has 2 aromatic rings. The lowest BCUT2D eigenvalue weighted by atomic mass is 9.97.